The predicted octanol–water partition coefficient (Wildman–Crippen LogP) is 6.54. The minimum Gasteiger partial charge on any atom is -0.487 e. The van der Waals surface area contributed by atoms with E-state index in [4.69, 9.17) is 9.47 Å². The number of benzene rings is 2. The van der Waals surface area contributed by atoms with Crippen LogP contribution in [0.1, 0.15) is 25.0 Å². The number of carbonyl (C=O) groups excluding carboxylic acids is 3. The fourth-order valence-electron chi connectivity index (χ4n) is 2.75. The Morgan fingerprint density at radius 3 is 2.31 bits per heavy atom. The molecule has 0 spiro atoms. The Labute approximate surface area is 215 Å². The fourth-order valence-corrected chi connectivity index (χ4v) is 5.31. The van der Waals surface area contributed by atoms with E-state index in [0.717, 1.165) is 26.7 Å². The summed E-state index contributed by atoms with van der Waals surface area (Å²) in [5.74, 6) is -0.528. The Bertz CT molecular complexity index is 1060. The van der Waals surface area contributed by atoms with Gasteiger partial charge in [-0.15, -0.1) is 0 Å². The van der Waals surface area contributed by atoms with Gasteiger partial charge in [0, 0.05) is 4.47 Å². The number of nitrogens with zero attached hydrogens (tertiary/aromatic N) is 1. The highest BCUT2D eigenvalue weighted by Gasteiger charge is 2.36. The number of hydrogen-bond donors (Lipinski definition) is 0. The van der Waals surface area contributed by atoms with E-state index < -0.39 is 23.7 Å². The lowest BCUT2D eigenvalue weighted by atomic mass is 10.2. The van der Waals surface area contributed by atoms with Gasteiger partial charge in [0.1, 0.15) is 18.9 Å². The van der Waals surface area contributed by atoms with Crippen molar-refractivity contribution in [3.63, 3.8) is 0 Å². The van der Waals surface area contributed by atoms with E-state index in [1.165, 1.54) is 0 Å². The van der Waals surface area contributed by atoms with Crippen molar-refractivity contribution in [3.05, 3.63) is 65.8 Å². The molecule has 168 valence electrons. The molecule has 0 unspecified atom stereocenters. The number of rotatable bonds is 7. The summed E-state index contributed by atoms with van der Waals surface area (Å²) in [5.41, 5.74) is 1.70. The molecular formula is C22H18Br3NO5S. The Balaban J connectivity index is 1.73. The van der Waals surface area contributed by atoms with Crippen LogP contribution < -0.4 is 4.74 Å². The van der Waals surface area contributed by atoms with Crippen molar-refractivity contribution in [2.24, 2.45) is 0 Å². The molecule has 10 heteroatoms. The summed E-state index contributed by atoms with van der Waals surface area (Å²) in [6.07, 6.45) is 1.28. The highest BCUT2D eigenvalue weighted by molar-refractivity contribution is 9.11. The summed E-state index contributed by atoms with van der Waals surface area (Å²) in [4.78, 5) is 37.8. The fraction of sp³-hybridized carbons (Fsp3) is 0.227. The molecule has 32 heavy (non-hydrogen) atoms. The highest BCUT2D eigenvalue weighted by Crippen LogP contribution is 2.38. The van der Waals surface area contributed by atoms with Crippen LogP contribution in [0, 0.1) is 0 Å². The molecule has 1 aliphatic heterocycles. The Hall–Kier alpha value is -1.62. The van der Waals surface area contributed by atoms with E-state index in [9.17, 15) is 14.4 Å². The smallest absolute Gasteiger partial charge is 0.326 e. The Morgan fingerprint density at radius 1 is 1.09 bits per heavy atom. The third-order valence-corrected chi connectivity index (χ3v) is 6.76. The molecule has 0 N–H and O–H groups in total. The number of halogens is 3. The van der Waals surface area contributed by atoms with Crippen molar-refractivity contribution in [1.29, 1.82) is 0 Å². The van der Waals surface area contributed by atoms with Gasteiger partial charge in [-0.25, -0.2) is 0 Å². The van der Waals surface area contributed by atoms with Crippen LogP contribution in [-0.2, 0) is 20.9 Å². The van der Waals surface area contributed by atoms with Crippen molar-refractivity contribution in [1.82, 2.24) is 4.90 Å². The average molecular weight is 648 g/mol. The molecular weight excluding hydrogens is 630 g/mol. The van der Waals surface area contributed by atoms with Gasteiger partial charge in [0.25, 0.3) is 11.1 Å². The van der Waals surface area contributed by atoms with Crippen LogP contribution in [0.4, 0.5) is 4.79 Å². The first-order chi connectivity index (χ1) is 15.1. The number of imide groups is 1. The normalized spacial score (nSPS) is 15.1. The average Bonchev–Trinajstić information content (AvgIpc) is 2.95. The maximum Gasteiger partial charge on any atom is 0.326 e. The molecule has 3 rings (SSSR count). The lowest BCUT2D eigenvalue weighted by Crippen LogP contribution is -2.35. The maximum absolute atomic E-state index is 12.6. The number of esters is 1. The van der Waals surface area contributed by atoms with Crippen molar-refractivity contribution < 1.29 is 23.9 Å². The van der Waals surface area contributed by atoms with Crippen molar-refractivity contribution >= 4 is 82.7 Å². The van der Waals surface area contributed by atoms with E-state index >= 15 is 0 Å². The van der Waals surface area contributed by atoms with Gasteiger partial charge in [-0.3, -0.25) is 19.3 Å². The van der Waals surface area contributed by atoms with E-state index in [0.29, 0.717) is 26.9 Å². The molecule has 1 aliphatic rings. The summed E-state index contributed by atoms with van der Waals surface area (Å²) < 4.78 is 13.3. The summed E-state index contributed by atoms with van der Waals surface area (Å²) >= 11 is 11.2. The molecule has 1 saturated heterocycles. The Morgan fingerprint density at radius 2 is 1.72 bits per heavy atom. The van der Waals surface area contributed by atoms with Crippen LogP contribution >= 0.6 is 59.6 Å². The van der Waals surface area contributed by atoms with Crippen LogP contribution in [-0.4, -0.2) is 34.7 Å². The molecule has 0 saturated carbocycles. The van der Waals surface area contributed by atoms with Gasteiger partial charge in [-0.2, -0.15) is 0 Å². The van der Waals surface area contributed by atoms with E-state index in [1.807, 2.05) is 24.3 Å². The van der Waals surface area contributed by atoms with Gasteiger partial charge >= 0.3 is 5.97 Å². The van der Waals surface area contributed by atoms with Gasteiger partial charge in [0.15, 0.2) is 0 Å². The summed E-state index contributed by atoms with van der Waals surface area (Å²) in [6, 6.07) is 11.4. The third-order valence-electron chi connectivity index (χ3n) is 4.14. The lowest BCUT2D eigenvalue weighted by Gasteiger charge is -2.13. The molecule has 2 aromatic rings. The number of carbonyl (C=O) groups is 3. The second-order valence-electron chi connectivity index (χ2n) is 7.04. The molecule has 2 amide bonds. The van der Waals surface area contributed by atoms with Crippen LogP contribution in [0.15, 0.2) is 54.7 Å². The summed E-state index contributed by atoms with van der Waals surface area (Å²) in [6.45, 7) is 3.38. The first-order valence-electron chi connectivity index (χ1n) is 9.45. The molecule has 0 radical (unpaired) electrons. The topological polar surface area (TPSA) is 72.9 Å². The van der Waals surface area contributed by atoms with Gasteiger partial charge in [0.05, 0.1) is 20.0 Å². The number of ether oxygens (including phenoxy) is 2. The van der Waals surface area contributed by atoms with Crippen LogP contribution in [0.2, 0.25) is 0 Å². The number of hydrogen-bond acceptors (Lipinski definition) is 6. The second kappa shape index (κ2) is 11.0. The van der Waals surface area contributed by atoms with Gasteiger partial charge in [0.2, 0.25) is 0 Å². The first-order valence-corrected chi connectivity index (χ1v) is 12.6. The first kappa shape index (κ1) is 25.0. The molecule has 0 atom stereocenters. The van der Waals surface area contributed by atoms with Gasteiger partial charge < -0.3 is 9.47 Å². The van der Waals surface area contributed by atoms with Gasteiger partial charge in [-0.05, 0) is 98.9 Å². The third kappa shape index (κ3) is 6.46. The zero-order chi connectivity index (χ0) is 23.4. The molecule has 1 heterocycles. The summed E-state index contributed by atoms with van der Waals surface area (Å²) in [5, 5.41) is -0.505. The minimum atomic E-state index is -0.624. The van der Waals surface area contributed by atoms with E-state index in [1.54, 1.807) is 32.1 Å². The number of thioether (sulfide) groups is 1. The standard InChI is InChI=1S/C22H18Br3NO5S/c1-12(2)31-19(27)10-26-21(28)18(32-22(26)29)9-14-7-16(24)20(17(25)8-14)30-11-13-3-5-15(23)6-4-13/h3-9,12H,10-11H2,1-2H3/b18-9+. The minimum absolute atomic E-state index is 0.231. The zero-order valence-electron chi connectivity index (χ0n) is 17.1. The summed E-state index contributed by atoms with van der Waals surface area (Å²) in [7, 11) is 0. The van der Waals surface area contributed by atoms with E-state index in [2.05, 4.69) is 47.8 Å². The quantitative estimate of drug-likeness (QED) is 0.251. The maximum atomic E-state index is 12.6. The Kier molecular flexibility index (Phi) is 8.60. The van der Waals surface area contributed by atoms with E-state index in [-0.39, 0.29) is 11.0 Å². The SMILES string of the molecule is CC(C)OC(=O)CN1C(=O)S/C(=C/c2cc(Br)c(OCc3ccc(Br)cc3)c(Br)c2)C1=O. The second-order valence-corrected chi connectivity index (χ2v) is 10.7. The highest BCUT2D eigenvalue weighted by atomic mass is 79.9. The van der Waals surface area contributed by atoms with Gasteiger partial charge in [-0.1, -0.05) is 28.1 Å². The van der Waals surface area contributed by atoms with Crippen molar-refractivity contribution in [2.75, 3.05) is 6.54 Å². The van der Waals surface area contributed by atoms with Crippen molar-refractivity contribution in [3.8, 4) is 5.75 Å². The molecule has 0 bridgehead atoms. The molecule has 0 aliphatic carbocycles. The molecule has 1 fully saturated rings. The number of amides is 2. The molecule has 0 aromatic heterocycles. The molecule has 2 aromatic carbocycles. The lowest BCUT2D eigenvalue weighted by molar-refractivity contribution is -0.149. The monoisotopic (exact) mass is 645 g/mol. The largest absolute Gasteiger partial charge is 0.487 e. The van der Waals surface area contributed by atoms with Crippen LogP contribution in [0.5, 0.6) is 5.75 Å². The van der Waals surface area contributed by atoms with Crippen LogP contribution in [0.25, 0.3) is 6.08 Å². The van der Waals surface area contributed by atoms with Crippen molar-refractivity contribution in [2.45, 2.75) is 26.6 Å². The zero-order valence-corrected chi connectivity index (χ0v) is 22.6. The van der Waals surface area contributed by atoms with Crippen LogP contribution in [0.3, 0.4) is 0 Å². The predicted molar refractivity (Wildman–Crippen MR) is 134 cm³/mol. The molecule has 6 nitrogen and oxygen atoms in total.